The van der Waals surface area contributed by atoms with E-state index < -0.39 is 5.91 Å². The van der Waals surface area contributed by atoms with Crippen molar-refractivity contribution in [2.24, 2.45) is 5.10 Å². The molecule has 0 aliphatic heterocycles. The van der Waals surface area contributed by atoms with Gasteiger partial charge in [-0.2, -0.15) is 5.10 Å². The van der Waals surface area contributed by atoms with Crippen LogP contribution in [-0.4, -0.2) is 29.3 Å². The summed E-state index contributed by atoms with van der Waals surface area (Å²) in [4.78, 5) is 24.6. The molecule has 3 aromatic carbocycles. The average Bonchev–Trinajstić information content (AvgIpc) is 3.45. The van der Waals surface area contributed by atoms with Crippen LogP contribution in [0.3, 0.4) is 0 Å². The molecule has 5 aromatic rings. The molecule has 0 saturated carbocycles. The Morgan fingerprint density at radius 2 is 1.78 bits per heavy atom. The van der Waals surface area contributed by atoms with Gasteiger partial charge in [0.2, 0.25) is 0 Å². The first-order valence-electron chi connectivity index (χ1n) is 11.7. The Morgan fingerprint density at radius 3 is 2.56 bits per heavy atom. The summed E-state index contributed by atoms with van der Waals surface area (Å²) in [6, 6.07) is 22.8. The minimum Gasteiger partial charge on any atom is -0.462 e. The predicted molar refractivity (Wildman–Crippen MR) is 140 cm³/mol. The number of amides is 1. The van der Waals surface area contributed by atoms with Crippen molar-refractivity contribution in [3.8, 4) is 5.69 Å². The molecule has 0 aliphatic carbocycles. The molecule has 7 nitrogen and oxygen atoms in total. The van der Waals surface area contributed by atoms with E-state index in [1.165, 1.54) is 0 Å². The van der Waals surface area contributed by atoms with E-state index in [0.29, 0.717) is 17.8 Å². The van der Waals surface area contributed by atoms with Crippen LogP contribution < -0.4 is 5.43 Å². The van der Waals surface area contributed by atoms with Crippen molar-refractivity contribution in [3.05, 3.63) is 101 Å². The maximum Gasteiger partial charge on any atom is 0.338 e. The van der Waals surface area contributed by atoms with Gasteiger partial charge in [-0.1, -0.05) is 30.3 Å². The molecule has 2 heterocycles. The van der Waals surface area contributed by atoms with Gasteiger partial charge >= 0.3 is 11.9 Å². The highest BCUT2D eigenvalue weighted by Gasteiger charge is 2.14. The number of rotatable bonds is 6. The number of hydrogen-bond donors (Lipinski definition) is 1. The van der Waals surface area contributed by atoms with E-state index in [-0.39, 0.29) is 11.7 Å². The van der Waals surface area contributed by atoms with Gasteiger partial charge in [-0.25, -0.2) is 10.2 Å². The van der Waals surface area contributed by atoms with Gasteiger partial charge in [0.05, 0.1) is 18.4 Å². The molecule has 0 saturated heterocycles. The summed E-state index contributed by atoms with van der Waals surface area (Å²) < 4.78 is 12.9. The Bertz CT molecular complexity index is 1620. The quantitative estimate of drug-likeness (QED) is 0.186. The zero-order valence-electron chi connectivity index (χ0n) is 20.2. The normalized spacial score (nSPS) is 11.4. The topological polar surface area (TPSA) is 85.8 Å². The van der Waals surface area contributed by atoms with Crippen LogP contribution >= 0.6 is 0 Å². The van der Waals surface area contributed by atoms with Crippen LogP contribution in [0.15, 0.2) is 82.3 Å². The lowest BCUT2D eigenvalue weighted by Gasteiger charge is -2.10. The number of hydrazone groups is 1. The summed E-state index contributed by atoms with van der Waals surface area (Å²) in [5.41, 5.74) is 7.43. The third kappa shape index (κ3) is 4.27. The molecule has 0 atom stereocenters. The molecule has 5 rings (SSSR count). The SMILES string of the molecule is CCOC(=O)c1ccc(-n2c(C)cc(C=NNC(=O)c3cc4c(ccc5ccccc54)o3)c2C)cc1. The number of ether oxygens (including phenoxy) is 1. The number of benzene rings is 3. The van der Waals surface area contributed by atoms with Crippen molar-refractivity contribution < 1.29 is 18.7 Å². The van der Waals surface area contributed by atoms with Gasteiger partial charge in [-0.05, 0) is 74.0 Å². The maximum atomic E-state index is 12.7. The van der Waals surface area contributed by atoms with Crippen LogP contribution in [0.1, 0.15) is 44.8 Å². The summed E-state index contributed by atoms with van der Waals surface area (Å²) in [5, 5.41) is 7.16. The Kier molecular flexibility index (Phi) is 6.12. The third-order valence-electron chi connectivity index (χ3n) is 6.13. The van der Waals surface area contributed by atoms with Gasteiger partial charge < -0.3 is 13.7 Å². The van der Waals surface area contributed by atoms with Crippen molar-refractivity contribution in [2.45, 2.75) is 20.8 Å². The van der Waals surface area contributed by atoms with Crippen LogP contribution in [0.5, 0.6) is 0 Å². The molecule has 1 amide bonds. The lowest BCUT2D eigenvalue weighted by molar-refractivity contribution is 0.0526. The predicted octanol–water partition coefficient (Wildman–Crippen LogP) is 5.93. The molecule has 2 aromatic heterocycles. The van der Waals surface area contributed by atoms with E-state index >= 15 is 0 Å². The van der Waals surface area contributed by atoms with E-state index in [4.69, 9.17) is 9.15 Å². The first-order chi connectivity index (χ1) is 17.5. The fraction of sp³-hybridized carbons (Fsp3) is 0.138. The number of fused-ring (bicyclic) bond motifs is 3. The van der Waals surface area contributed by atoms with Gasteiger partial charge in [-0.3, -0.25) is 4.79 Å². The molecular weight excluding hydrogens is 454 g/mol. The summed E-state index contributed by atoms with van der Waals surface area (Å²) in [7, 11) is 0. The second kappa shape index (κ2) is 9.54. The van der Waals surface area contributed by atoms with Crippen LogP contribution in [0.25, 0.3) is 27.4 Å². The number of nitrogens with zero attached hydrogens (tertiary/aromatic N) is 2. The number of esters is 1. The second-order valence-electron chi connectivity index (χ2n) is 8.44. The molecule has 7 heteroatoms. The molecule has 36 heavy (non-hydrogen) atoms. The van der Waals surface area contributed by atoms with Gasteiger partial charge in [0.15, 0.2) is 5.76 Å². The van der Waals surface area contributed by atoms with E-state index in [1.807, 2.05) is 68.4 Å². The highest BCUT2D eigenvalue weighted by atomic mass is 16.5. The molecule has 0 spiro atoms. The van der Waals surface area contributed by atoms with Crippen LogP contribution in [0.2, 0.25) is 0 Å². The van der Waals surface area contributed by atoms with E-state index in [2.05, 4.69) is 15.1 Å². The summed E-state index contributed by atoms with van der Waals surface area (Å²) in [6.45, 7) is 6.08. The Balaban J connectivity index is 1.33. The van der Waals surface area contributed by atoms with Gasteiger partial charge in [0.1, 0.15) is 5.58 Å². The first kappa shape index (κ1) is 23.1. The number of aryl methyl sites for hydroxylation is 1. The smallest absolute Gasteiger partial charge is 0.338 e. The van der Waals surface area contributed by atoms with Crippen molar-refractivity contribution in [3.63, 3.8) is 0 Å². The zero-order chi connectivity index (χ0) is 25.2. The van der Waals surface area contributed by atoms with Crippen molar-refractivity contribution in [1.29, 1.82) is 0 Å². The van der Waals surface area contributed by atoms with Gasteiger partial charge in [0, 0.05) is 28.0 Å². The van der Waals surface area contributed by atoms with Crippen LogP contribution in [-0.2, 0) is 4.74 Å². The standard InChI is InChI=1S/C29H25N3O4/c1-4-35-29(34)21-9-12-23(13-10-21)32-18(2)15-22(19(32)3)17-30-31-28(33)27-16-25-24-8-6-5-7-20(24)11-14-26(25)36-27/h5-17H,4H2,1-3H3,(H,31,33). The maximum absolute atomic E-state index is 12.7. The van der Waals surface area contributed by atoms with Crippen molar-refractivity contribution >= 4 is 39.8 Å². The minimum atomic E-state index is -0.421. The molecule has 0 fully saturated rings. The lowest BCUT2D eigenvalue weighted by atomic mass is 10.1. The molecule has 180 valence electrons. The average molecular weight is 480 g/mol. The zero-order valence-corrected chi connectivity index (χ0v) is 20.2. The van der Waals surface area contributed by atoms with E-state index in [0.717, 1.165) is 38.8 Å². The highest BCUT2D eigenvalue weighted by molar-refractivity contribution is 6.08. The molecular formula is C29H25N3O4. The number of hydrogen-bond acceptors (Lipinski definition) is 5. The second-order valence-corrected chi connectivity index (χ2v) is 8.44. The summed E-state index contributed by atoms with van der Waals surface area (Å²) in [5.74, 6) is -0.563. The number of carbonyl (C=O) groups excluding carboxylic acids is 2. The summed E-state index contributed by atoms with van der Waals surface area (Å²) in [6.07, 6.45) is 1.61. The molecule has 0 unspecified atom stereocenters. The fourth-order valence-electron chi connectivity index (χ4n) is 4.40. The van der Waals surface area contributed by atoms with Gasteiger partial charge in [-0.15, -0.1) is 0 Å². The van der Waals surface area contributed by atoms with E-state index in [1.54, 1.807) is 31.3 Å². The van der Waals surface area contributed by atoms with E-state index in [9.17, 15) is 9.59 Å². The highest BCUT2D eigenvalue weighted by Crippen LogP contribution is 2.28. The number of aromatic nitrogens is 1. The lowest BCUT2D eigenvalue weighted by Crippen LogP contribution is -2.16. The Labute approximate surface area is 208 Å². The Morgan fingerprint density at radius 1 is 1.00 bits per heavy atom. The first-order valence-corrected chi connectivity index (χ1v) is 11.7. The monoisotopic (exact) mass is 479 g/mol. The number of carbonyl (C=O) groups is 2. The van der Waals surface area contributed by atoms with Crippen molar-refractivity contribution in [1.82, 2.24) is 9.99 Å². The molecule has 0 radical (unpaired) electrons. The number of furan rings is 1. The Hall–Kier alpha value is -4.65. The molecule has 1 N–H and O–H groups in total. The summed E-state index contributed by atoms with van der Waals surface area (Å²) >= 11 is 0. The third-order valence-corrected chi connectivity index (χ3v) is 6.13. The molecule has 0 aliphatic rings. The fourth-order valence-corrected chi connectivity index (χ4v) is 4.40. The minimum absolute atomic E-state index is 0.200. The largest absolute Gasteiger partial charge is 0.462 e. The van der Waals surface area contributed by atoms with Crippen LogP contribution in [0.4, 0.5) is 0 Å². The number of nitrogens with one attached hydrogen (secondary N) is 1. The molecule has 0 bridgehead atoms. The van der Waals surface area contributed by atoms with Gasteiger partial charge in [0.25, 0.3) is 0 Å². The van der Waals surface area contributed by atoms with Crippen LogP contribution in [0, 0.1) is 13.8 Å². The van der Waals surface area contributed by atoms with Crippen molar-refractivity contribution in [2.75, 3.05) is 6.61 Å².